The van der Waals surface area contributed by atoms with E-state index >= 15 is 0 Å². The average molecular weight is 380 g/mol. The van der Waals surface area contributed by atoms with Crippen LogP contribution < -0.4 is 21.1 Å². The second-order valence-corrected chi connectivity index (χ2v) is 7.42. The van der Waals surface area contributed by atoms with E-state index in [1.165, 1.54) is 0 Å². The van der Waals surface area contributed by atoms with Gasteiger partial charge in [-0.05, 0) is 29.7 Å². The van der Waals surface area contributed by atoms with E-state index in [9.17, 15) is 4.79 Å². The Hall–Kier alpha value is -3.02. The van der Waals surface area contributed by atoms with E-state index in [4.69, 9.17) is 10.5 Å². The summed E-state index contributed by atoms with van der Waals surface area (Å²) in [5, 5.41) is 6.22. The second-order valence-electron chi connectivity index (χ2n) is 7.42. The molecule has 1 unspecified atom stereocenters. The molecule has 1 atom stereocenters. The predicted molar refractivity (Wildman–Crippen MR) is 112 cm³/mol. The van der Waals surface area contributed by atoms with Crippen LogP contribution in [0.4, 0.5) is 5.69 Å². The van der Waals surface area contributed by atoms with Gasteiger partial charge in [-0.15, -0.1) is 0 Å². The van der Waals surface area contributed by atoms with E-state index in [0.29, 0.717) is 31.4 Å². The van der Waals surface area contributed by atoms with E-state index in [2.05, 4.69) is 15.6 Å². The predicted octanol–water partition coefficient (Wildman–Crippen LogP) is 3.60. The van der Waals surface area contributed by atoms with Crippen molar-refractivity contribution in [1.82, 2.24) is 5.32 Å². The minimum atomic E-state index is 0.0232. The molecule has 0 aliphatic carbocycles. The van der Waals surface area contributed by atoms with Gasteiger partial charge in [0.25, 0.3) is 0 Å². The number of fused-ring (bicyclic) bond motifs is 1. The number of rotatable bonds is 6. The maximum Gasteiger partial charge on any atom is 0.224 e. The van der Waals surface area contributed by atoms with Crippen molar-refractivity contribution < 1.29 is 9.53 Å². The number of hydrogen-bond donors (Lipinski definition) is 3. The molecule has 0 spiro atoms. The minimum absolute atomic E-state index is 0.0232. The number of benzene rings is 2. The molecule has 1 aliphatic rings. The first-order valence-corrected chi connectivity index (χ1v) is 9.68. The summed E-state index contributed by atoms with van der Waals surface area (Å²) in [6.07, 6.45) is 1.34. The molecule has 0 fully saturated rings. The molecule has 148 valence electrons. The van der Waals surface area contributed by atoms with Gasteiger partial charge in [0.1, 0.15) is 5.75 Å². The van der Waals surface area contributed by atoms with Gasteiger partial charge in [0.2, 0.25) is 5.91 Å². The molecule has 4 N–H and O–H groups in total. The third-order valence-corrected chi connectivity index (χ3v) is 4.52. The zero-order valence-corrected chi connectivity index (χ0v) is 16.4. The first-order chi connectivity index (χ1) is 13.5. The Bertz CT molecular complexity index is 848. The summed E-state index contributed by atoms with van der Waals surface area (Å²) in [5.41, 5.74) is 8.98. The third kappa shape index (κ3) is 5.49. The molecular formula is C22H28N4O2. The quantitative estimate of drug-likeness (QED) is 0.528. The highest BCUT2D eigenvalue weighted by atomic mass is 16.5. The zero-order chi connectivity index (χ0) is 19.9. The Morgan fingerprint density at radius 3 is 2.89 bits per heavy atom. The molecule has 0 bridgehead atoms. The van der Waals surface area contributed by atoms with Gasteiger partial charge < -0.3 is 21.1 Å². The van der Waals surface area contributed by atoms with Crippen molar-refractivity contribution in [2.24, 2.45) is 16.6 Å². The molecule has 6 heteroatoms. The molecule has 1 heterocycles. The third-order valence-electron chi connectivity index (χ3n) is 4.52. The Morgan fingerprint density at radius 1 is 1.25 bits per heavy atom. The lowest BCUT2D eigenvalue weighted by molar-refractivity contribution is -0.116. The van der Waals surface area contributed by atoms with Crippen molar-refractivity contribution >= 4 is 17.6 Å². The van der Waals surface area contributed by atoms with Gasteiger partial charge >= 0.3 is 0 Å². The fraction of sp³-hybridized carbons (Fsp3) is 0.364. The number of carbonyl (C=O) groups excluding carboxylic acids is 1. The maximum atomic E-state index is 11.9. The molecule has 2 aromatic rings. The van der Waals surface area contributed by atoms with Crippen molar-refractivity contribution in [2.45, 2.75) is 39.3 Å². The topological polar surface area (TPSA) is 88.7 Å². The Labute approximate surface area is 166 Å². The lowest BCUT2D eigenvalue weighted by Crippen LogP contribution is -2.37. The average Bonchev–Trinajstić information content (AvgIpc) is 2.66. The van der Waals surface area contributed by atoms with Gasteiger partial charge in [0, 0.05) is 24.1 Å². The number of ether oxygens (including phenoxy) is 1. The number of hydrogen-bond acceptors (Lipinski definition) is 3. The normalized spacial score (nSPS) is 16.2. The van der Waals surface area contributed by atoms with Crippen molar-refractivity contribution in [3.05, 3.63) is 59.7 Å². The summed E-state index contributed by atoms with van der Waals surface area (Å²) < 4.78 is 5.68. The number of para-hydroxylation sites is 1. The number of amides is 1. The Kier molecular flexibility index (Phi) is 6.53. The second kappa shape index (κ2) is 9.26. The molecule has 0 saturated heterocycles. The van der Waals surface area contributed by atoms with Crippen LogP contribution in [0.15, 0.2) is 53.5 Å². The highest BCUT2D eigenvalue weighted by Gasteiger charge is 2.21. The number of guanidine groups is 1. The van der Waals surface area contributed by atoms with Crippen LogP contribution in [0.25, 0.3) is 0 Å². The molecular weight excluding hydrogens is 352 g/mol. The van der Waals surface area contributed by atoms with E-state index in [1.54, 1.807) is 0 Å². The highest BCUT2D eigenvalue weighted by Crippen LogP contribution is 2.31. The first kappa shape index (κ1) is 19.7. The zero-order valence-electron chi connectivity index (χ0n) is 16.4. The molecule has 1 amide bonds. The number of anilines is 1. The van der Waals surface area contributed by atoms with Crippen LogP contribution in [0.1, 0.15) is 43.9 Å². The highest BCUT2D eigenvalue weighted by molar-refractivity contribution is 5.90. The summed E-state index contributed by atoms with van der Waals surface area (Å²) in [4.78, 5) is 16.4. The maximum absolute atomic E-state index is 11.9. The van der Waals surface area contributed by atoms with Crippen LogP contribution in [0, 0.1) is 5.92 Å². The van der Waals surface area contributed by atoms with Crippen molar-refractivity contribution in [2.75, 3.05) is 11.9 Å². The summed E-state index contributed by atoms with van der Waals surface area (Å²) in [6, 6.07) is 15.8. The van der Waals surface area contributed by atoms with Gasteiger partial charge in [-0.25, -0.2) is 4.99 Å². The molecule has 6 nitrogen and oxygen atoms in total. The summed E-state index contributed by atoms with van der Waals surface area (Å²) in [6.45, 7) is 5.15. The summed E-state index contributed by atoms with van der Waals surface area (Å²) in [5.74, 6) is 1.64. The van der Waals surface area contributed by atoms with Crippen LogP contribution in [0.2, 0.25) is 0 Å². The standard InChI is InChI=1S/C22H28N4O2/c1-15(2)12-21(27)25-17-7-5-6-16(13-17)14-24-22(23)26-19-10-11-28-20-9-4-3-8-18(19)20/h3-9,13,15,19H,10-12,14H2,1-2H3,(H,25,27)(H3,23,24,26). The molecule has 1 aliphatic heterocycles. The number of nitrogens with two attached hydrogens (primary N) is 1. The van der Waals surface area contributed by atoms with Crippen LogP contribution >= 0.6 is 0 Å². The fourth-order valence-electron chi connectivity index (χ4n) is 3.22. The number of aliphatic imine (C=N–C) groups is 1. The molecule has 28 heavy (non-hydrogen) atoms. The lowest BCUT2D eigenvalue weighted by atomic mass is 10.0. The molecule has 3 rings (SSSR count). The SMILES string of the molecule is CC(C)CC(=O)Nc1cccc(CN=C(N)NC2CCOc3ccccc32)c1. The van der Waals surface area contributed by atoms with Gasteiger partial charge in [-0.2, -0.15) is 0 Å². The van der Waals surface area contributed by atoms with Crippen molar-refractivity contribution in [3.8, 4) is 5.75 Å². The Balaban J connectivity index is 1.59. The van der Waals surface area contributed by atoms with Gasteiger partial charge in [0.05, 0.1) is 19.2 Å². The van der Waals surface area contributed by atoms with Crippen LogP contribution in [0.5, 0.6) is 5.75 Å². The summed E-state index contributed by atoms with van der Waals surface area (Å²) in [7, 11) is 0. The largest absolute Gasteiger partial charge is 0.493 e. The Morgan fingerprint density at radius 2 is 2.07 bits per heavy atom. The number of carbonyl (C=O) groups is 1. The smallest absolute Gasteiger partial charge is 0.224 e. The number of nitrogens with zero attached hydrogens (tertiary/aromatic N) is 1. The van der Waals surface area contributed by atoms with Gasteiger partial charge in [-0.1, -0.05) is 44.2 Å². The van der Waals surface area contributed by atoms with Gasteiger partial charge in [-0.3, -0.25) is 4.79 Å². The molecule has 2 aromatic carbocycles. The number of nitrogens with one attached hydrogen (secondary N) is 2. The molecule has 0 aromatic heterocycles. The molecule has 0 radical (unpaired) electrons. The van der Waals surface area contributed by atoms with E-state index in [0.717, 1.165) is 29.0 Å². The monoisotopic (exact) mass is 380 g/mol. The van der Waals surface area contributed by atoms with E-state index in [-0.39, 0.29) is 11.9 Å². The van der Waals surface area contributed by atoms with Crippen LogP contribution in [-0.4, -0.2) is 18.5 Å². The van der Waals surface area contributed by atoms with E-state index in [1.807, 2.05) is 62.4 Å². The molecule has 0 saturated carbocycles. The summed E-state index contributed by atoms with van der Waals surface area (Å²) >= 11 is 0. The van der Waals surface area contributed by atoms with Crippen LogP contribution in [-0.2, 0) is 11.3 Å². The fourth-order valence-corrected chi connectivity index (χ4v) is 3.22. The van der Waals surface area contributed by atoms with E-state index < -0.39 is 0 Å². The first-order valence-electron chi connectivity index (χ1n) is 9.68. The lowest BCUT2D eigenvalue weighted by Gasteiger charge is -2.26. The van der Waals surface area contributed by atoms with Crippen molar-refractivity contribution in [1.29, 1.82) is 0 Å². The van der Waals surface area contributed by atoms with Crippen LogP contribution in [0.3, 0.4) is 0 Å². The van der Waals surface area contributed by atoms with Crippen molar-refractivity contribution in [3.63, 3.8) is 0 Å². The minimum Gasteiger partial charge on any atom is -0.493 e. The van der Waals surface area contributed by atoms with Gasteiger partial charge in [0.15, 0.2) is 5.96 Å².